The van der Waals surface area contributed by atoms with Crippen LogP contribution in [0.15, 0.2) is 18.2 Å². The maximum absolute atomic E-state index is 12.4. The number of methoxy groups -OCH3 is 1. The van der Waals surface area contributed by atoms with Crippen LogP contribution >= 0.6 is 0 Å². The molecule has 1 aromatic carbocycles. The highest BCUT2D eigenvalue weighted by molar-refractivity contribution is 5.95. The first-order valence-electron chi connectivity index (χ1n) is 8.09. The molecule has 1 saturated heterocycles. The average Bonchev–Trinajstić information content (AvgIpc) is 2.49. The van der Waals surface area contributed by atoms with Gasteiger partial charge in [-0.15, -0.1) is 0 Å². The summed E-state index contributed by atoms with van der Waals surface area (Å²) < 4.78 is 5.28. The largest absolute Gasteiger partial charge is 0.495 e. The Hall–Kier alpha value is -2.08. The molecule has 1 aliphatic rings. The van der Waals surface area contributed by atoms with Gasteiger partial charge >= 0.3 is 0 Å². The van der Waals surface area contributed by atoms with Crippen LogP contribution in [-0.4, -0.2) is 38.1 Å². The van der Waals surface area contributed by atoms with Gasteiger partial charge in [0.05, 0.1) is 25.4 Å². The van der Waals surface area contributed by atoms with Crippen molar-refractivity contribution in [2.75, 3.05) is 30.8 Å². The Balaban J connectivity index is 2.04. The molecule has 126 valence electrons. The zero-order chi connectivity index (χ0) is 16.8. The third kappa shape index (κ3) is 4.96. The maximum atomic E-state index is 12.4. The van der Waals surface area contributed by atoms with Crippen molar-refractivity contribution in [1.82, 2.24) is 0 Å². The molecule has 3 N–H and O–H groups in total. The molecule has 2 amide bonds. The topological polar surface area (TPSA) is 71.9 Å². The fourth-order valence-electron chi connectivity index (χ4n) is 3.00. The summed E-state index contributed by atoms with van der Waals surface area (Å²) in [5.41, 5.74) is 1.21. The van der Waals surface area contributed by atoms with Gasteiger partial charge in [0.15, 0.2) is 6.54 Å². The minimum Gasteiger partial charge on any atom is -0.495 e. The second kappa shape index (κ2) is 7.97. The van der Waals surface area contributed by atoms with Gasteiger partial charge in [0.25, 0.3) is 5.91 Å². The fraction of sp³-hybridized carbons (Fsp3) is 0.529. The molecule has 0 saturated carbocycles. The fourth-order valence-corrected chi connectivity index (χ4v) is 3.00. The van der Waals surface area contributed by atoms with Crippen LogP contribution in [0, 0.1) is 0 Å². The van der Waals surface area contributed by atoms with Crippen molar-refractivity contribution in [3.8, 4) is 5.75 Å². The monoisotopic (exact) mass is 320 g/mol. The van der Waals surface area contributed by atoms with E-state index < -0.39 is 0 Å². The van der Waals surface area contributed by atoms with Gasteiger partial charge in [0.1, 0.15) is 5.75 Å². The van der Waals surface area contributed by atoms with E-state index in [1.54, 1.807) is 25.3 Å². The molecule has 23 heavy (non-hydrogen) atoms. The summed E-state index contributed by atoms with van der Waals surface area (Å²) in [4.78, 5) is 24.8. The first-order chi connectivity index (χ1) is 11.0. The summed E-state index contributed by atoms with van der Waals surface area (Å²) in [6.07, 6.45) is 3.59. The Bertz CT molecular complexity index is 574. The maximum Gasteiger partial charge on any atom is 0.279 e. The summed E-state index contributed by atoms with van der Waals surface area (Å²) in [5.74, 6) is 0.389. The molecule has 6 nitrogen and oxygen atoms in total. The van der Waals surface area contributed by atoms with Gasteiger partial charge in [-0.2, -0.15) is 0 Å². The molecule has 1 unspecified atom stereocenters. The third-order valence-electron chi connectivity index (χ3n) is 4.26. The number of rotatable bonds is 5. The van der Waals surface area contributed by atoms with E-state index in [9.17, 15) is 9.59 Å². The van der Waals surface area contributed by atoms with Crippen LogP contribution in [0.3, 0.4) is 0 Å². The number of quaternary nitrogens is 1. The van der Waals surface area contributed by atoms with Crippen molar-refractivity contribution in [1.29, 1.82) is 0 Å². The molecule has 6 heteroatoms. The zero-order valence-corrected chi connectivity index (χ0v) is 14.1. The number of nitrogens with one attached hydrogen (secondary N) is 3. The van der Waals surface area contributed by atoms with Gasteiger partial charge in [-0.1, -0.05) is 0 Å². The van der Waals surface area contributed by atoms with Gasteiger partial charge in [-0.05, 0) is 44.4 Å². The van der Waals surface area contributed by atoms with E-state index in [0.29, 0.717) is 29.7 Å². The Morgan fingerprint density at radius 2 is 2.09 bits per heavy atom. The summed E-state index contributed by atoms with van der Waals surface area (Å²) in [6.45, 7) is 5.13. The molecule has 2 atom stereocenters. The number of piperidine rings is 1. The average molecular weight is 320 g/mol. The highest BCUT2D eigenvalue weighted by Gasteiger charge is 2.24. The van der Waals surface area contributed by atoms with Gasteiger partial charge in [-0.3, -0.25) is 9.59 Å². The quantitative estimate of drug-likeness (QED) is 0.759. The molecule has 0 spiro atoms. The number of anilines is 2. The van der Waals surface area contributed by atoms with Crippen molar-refractivity contribution in [3.05, 3.63) is 18.2 Å². The number of carbonyl (C=O) groups excluding carboxylic acids is 2. The first kappa shape index (κ1) is 17.3. The van der Waals surface area contributed by atoms with Crippen LogP contribution in [0.5, 0.6) is 5.75 Å². The molecular formula is C17H26N3O3+. The standard InChI is InChI=1S/C17H25N3O3/c1-12-6-4-5-9-20(12)11-17(22)19-15-10-14(18-13(2)21)7-8-16(15)23-3/h7-8,10,12H,4-6,9,11H2,1-3H3,(H,18,21)(H,19,22)/p+1/t12-/m0/s1. The number of likely N-dealkylation sites (tertiary alicyclic amines) is 1. The molecule has 0 radical (unpaired) electrons. The van der Waals surface area contributed by atoms with Gasteiger partial charge in [0, 0.05) is 12.6 Å². The number of carbonyl (C=O) groups is 2. The molecule has 0 bridgehead atoms. The van der Waals surface area contributed by atoms with Crippen molar-refractivity contribution >= 4 is 23.2 Å². The van der Waals surface area contributed by atoms with Crippen molar-refractivity contribution in [2.24, 2.45) is 0 Å². The molecule has 2 rings (SSSR count). The van der Waals surface area contributed by atoms with Crippen LogP contribution in [0.2, 0.25) is 0 Å². The van der Waals surface area contributed by atoms with Crippen LogP contribution in [0.25, 0.3) is 0 Å². The van der Waals surface area contributed by atoms with Crippen LogP contribution in [-0.2, 0) is 9.59 Å². The zero-order valence-electron chi connectivity index (χ0n) is 14.1. The van der Waals surface area contributed by atoms with Gasteiger partial charge in [0.2, 0.25) is 5.91 Å². The smallest absolute Gasteiger partial charge is 0.279 e. The second-order valence-electron chi connectivity index (χ2n) is 6.13. The lowest BCUT2D eigenvalue weighted by Gasteiger charge is -2.29. The Labute approximate surface area is 137 Å². The predicted octanol–water partition coefficient (Wildman–Crippen LogP) is 1.05. The molecule has 0 aliphatic carbocycles. The van der Waals surface area contributed by atoms with Gasteiger partial charge < -0.3 is 20.3 Å². The number of ether oxygens (including phenoxy) is 1. The van der Waals surface area contributed by atoms with E-state index in [0.717, 1.165) is 6.54 Å². The van der Waals surface area contributed by atoms with Crippen molar-refractivity contribution < 1.29 is 19.2 Å². The molecule has 0 aromatic heterocycles. The summed E-state index contributed by atoms with van der Waals surface area (Å²) in [5, 5.41) is 5.61. The number of hydrogen-bond donors (Lipinski definition) is 3. The van der Waals surface area contributed by atoms with E-state index in [2.05, 4.69) is 17.6 Å². The Morgan fingerprint density at radius 3 is 2.74 bits per heavy atom. The molecule has 1 heterocycles. The van der Waals surface area contributed by atoms with Crippen LogP contribution < -0.4 is 20.3 Å². The van der Waals surface area contributed by atoms with E-state index in [4.69, 9.17) is 4.74 Å². The lowest BCUT2D eigenvalue weighted by atomic mass is 10.0. The first-order valence-corrected chi connectivity index (χ1v) is 8.09. The van der Waals surface area contributed by atoms with Crippen molar-refractivity contribution in [2.45, 2.75) is 39.2 Å². The van der Waals surface area contributed by atoms with E-state index in [1.165, 1.54) is 31.1 Å². The van der Waals surface area contributed by atoms with Gasteiger partial charge in [-0.25, -0.2) is 0 Å². The lowest BCUT2D eigenvalue weighted by molar-refractivity contribution is -0.920. The summed E-state index contributed by atoms with van der Waals surface area (Å²) in [6, 6.07) is 5.71. The Kier molecular flexibility index (Phi) is 5.98. The van der Waals surface area contributed by atoms with E-state index >= 15 is 0 Å². The minimum absolute atomic E-state index is 0.0352. The minimum atomic E-state index is -0.154. The van der Waals surface area contributed by atoms with Crippen LogP contribution in [0.4, 0.5) is 11.4 Å². The number of hydrogen-bond acceptors (Lipinski definition) is 3. The number of amides is 2. The van der Waals surface area contributed by atoms with Crippen molar-refractivity contribution in [3.63, 3.8) is 0 Å². The highest BCUT2D eigenvalue weighted by Crippen LogP contribution is 2.27. The summed E-state index contributed by atoms with van der Waals surface area (Å²) >= 11 is 0. The molecule has 1 fully saturated rings. The highest BCUT2D eigenvalue weighted by atomic mass is 16.5. The second-order valence-corrected chi connectivity index (χ2v) is 6.13. The SMILES string of the molecule is COc1ccc(NC(C)=O)cc1NC(=O)C[NH+]1CCCC[C@@H]1C. The molecule has 1 aromatic rings. The van der Waals surface area contributed by atoms with Crippen LogP contribution in [0.1, 0.15) is 33.1 Å². The predicted molar refractivity (Wildman–Crippen MR) is 89.9 cm³/mol. The Morgan fingerprint density at radius 1 is 1.30 bits per heavy atom. The van der Waals surface area contributed by atoms with E-state index in [1.807, 2.05) is 0 Å². The summed E-state index contributed by atoms with van der Waals surface area (Å²) in [7, 11) is 1.56. The normalized spacial score (nSPS) is 20.7. The molecular weight excluding hydrogens is 294 g/mol. The van der Waals surface area contributed by atoms with E-state index in [-0.39, 0.29) is 11.8 Å². The lowest BCUT2D eigenvalue weighted by Crippen LogP contribution is -3.17. The molecule has 1 aliphatic heterocycles. The number of benzene rings is 1. The third-order valence-corrected chi connectivity index (χ3v) is 4.26.